The first-order chi connectivity index (χ1) is 15.9. The Hall–Kier alpha value is -3.59. The van der Waals surface area contributed by atoms with Gasteiger partial charge in [-0.15, -0.1) is 0 Å². The summed E-state index contributed by atoms with van der Waals surface area (Å²) in [4.78, 5) is 25.5. The summed E-state index contributed by atoms with van der Waals surface area (Å²) in [5.74, 6) is -1.16. The molecule has 31 heavy (non-hydrogen) atoms. The zero-order valence-electron chi connectivity index (χ0n) is 19.9. The predicted octanol–water partition coefficient (Wildman–Crippen LogP) is 2.49. The topological polar surface area (TPSA) is 118 Å². The zero-order chi connectivity index (χ0) is 24.8. The normalized spacial score (nSPS) is 21.2. The number of nitrogens with two attached hydrogens (primary N) is 1. The highest BCUT2D eigenvalue weighted by Crippen LogP contribution is 2.36. The lowest BCUT2D eigenvalue weighted by Gasteiger charge is -2.28. The number of aliphatic hydroxyl groups is 1. The van der Waals surface area contributed by atoms with Crippen molar-refractivity contribution in [2.45, 2.75) is 38.6 Å². The maximum Gasteiger partial charge on any atom is 0.258 e. The van der Waals surface area contributed by atoms with Gasteiger partial charge in [-0.25, -0.2) is 19.4 Å². The van der Waals surface area contributed by atoms with Crippen molar-refractivity contribution in [1.29, 1.82) is 0 Å². The van der Waals surface area contributed by atoms with E-state index in [0.29, 0.717) is 16.9 Å². The molecule has 0 aliphatic carbocycles. The second-order valence-corrected chi connectivity index (χ2v) is 7.70. The molecule has 160 valence electrons. The van der Waals surface area contributed by atoms with E-state index in [1.54, 1.807) is 26.1 Å². The van der Waals surface area contributed by atoms with E-state index >= 15 is 0 Å². The summed E-state index contributed by atoms with van der Waals surface area (Å²) in [6.07, 6.45) is 3.29. The number of hydrogen-bond acceptors (Lipinski definition) is 6. The minimum atomic E-state index is -2.50. The molecule has 2 unspecified atom stereocenters. The fourth-order valence-corrected chi connectivity index (χ4v) is 3.68. The van der Waals surface area contributed by atoms with Gasteiger partial charge in [0.2, 0.25) is 0 Å². The second-order valence-electron chi connectivity index (χ2n) is 7.70. The molecule has 1 amide bonds. The van der Waals surface area contributed by atoms with Crippen LogP contribution in [0.4, 0.5) is 10.2 Å². The van der Waals surface area contributed by atoms with Crippen molar-refractivity contribution < 1.29 is 18.4 Å². The van der Waals surface area contributed by atoms with Crippen molar-refractivity contribution in [3.05, 3.63) is 71.3 Å². The van der Waals surface area contributed by atoms with Crippen LogP contribution < -0.4 is 11.1 Å². The van der Waals surface area contributed by atoms with E-state index in [2.05, 4.69) is 20.3 Å². The summed E-state index contributed by atoms with van der Waals surface area (Å²) in [5, 5.41) is 12.9. The predicted molar refractivity (Wildman–Crippen MR) is 115 cm³/mol. The van der Waals surface area contributed by atoms with Crippen LogP contribution in [0, 0.1) is 19.6 Å². The molecule has 3 heterocycles. The second kappa shape index (κ2) is 7.59. The number of nitrogens with one attached hydrogen (secondary N) is 1. The molecule has 1 aromatic carbocycles. The molecule has 4 rings (SSSR count). The first kappa shape index (κ1) is 17.1. The minimum absolute atomic E-state index is 0.101. The number of aromatic nitrogens is 3. The summed E-state index contributed by atoms with van der Waals surface area (Å²) in [6, 6.07) is 5.11. The SMILES string of the molecule is [2H]C([2H])([2H])c1nc(C2(C)C=CN=C(NC(=O)C(O)c3cccc(F)c3)C2)c2c(N)nc(C)cn12. The standard InChI is InChI=1S/C22H23FN6O2/c1-12-11-29-13(2)27-19(17(29)20(24)26-12)22(3)7-8-25-16(10-22)28-21(31)18(30)14-5-4-6-15(23)9-14/h4-9,11,18,30H,10H2,1-3H3,(H2,24,26)(H,25,28,31)/i2D3. The van der Waals surface area contributed by atoms with E-state index < -0.39 is 30.1 Å². The molecule has 0 bridgehead atoms. The van der Waals surface area contributed by atoms with Gasteiger partial charge in [0.1, 0.15) is 28.8 Å². The number of aliphatic hydroxyl groups excluding tert-OH is 1. The average Bonchev–Trinajstić information content (AvgIpc) is 3.14. The van der Waals surface area contributed by atoms with Crippen LogP contribution in [-0.4, -0.2) is 31.2 Å². The number of amides is 1. The fourth-order valence-electron chi connectivity index (χ4n) is 3.68. The molecule has 1 aliphatic rings. The Kier molecular flexibility index (Phi) is 4.19. The number of allylic oxidation sites excluding steroid dienone is 1. The molecule has 3 aromatic rings. The van der Waals surface area contributed by atoms with Gasteiger partial charge in [0.25, 0.3) is 5.91 Å². The Morgan fingerprint density at radius 3 is 3.00 bits per heavy atom. The first-order valence-corrected chi connectivity index (χ1v) is 9.54. The molecule has 0 spiro atoms. The van der Waals surface area contributed by atoms with E-state index in [9.17, 15) is 14.3 Å². The molecule has 8 nitrogen and oxygen atoms in total. The quantitative estimate of drug-likeness (QED) is 0.596. The number of anilines is 1. The Labute approximate surface area is 182 Å². The number of rotatable bonds is 3. The number of carbonyl (C=O) groups is 1. The van der Waals surface area contributed by atoms with Gasteiger partial charge in [0.15, 0.2) is 6.10 Å². The van der Waals surface area contributed by atoms with Crippen LogP contribution in [0.2, 0.25) is 0 Å². The monoisotopic (exact) mass is 425 g/mol. The molecular weight excluding hydrogens is 399 g/mol. The van der Waals surface area contributed by atoms with Gasteiger partial charge in [-0.2, -0.15) is 0 Å². The number of nitrogen functional groups attached to an aromatic ring is 1. The number of imidazole rings is 1. The Bertz CT molecular complexity index is 1350. The van der Waals surface area contributed by atoms with Crippen molar-refractivity contribution >= 4 is 23.1 Å². The summed E-state index contributed by atoms with van der Waals surface area (Å²) < 4.78 is 38.6. The number of amidine groups is 1. The van der Waals surface area contributed by atoms with E-state index in [4.69, 9.17) is 9.85 Å². The van der Waals surface area contributed by atoms with Crippen LogP contribution >= 0.6 is 0 Å². The van der Waals surface area contributed by atoms with Crippen molar-refractivity contribution in [3.8, 4) is 0 Å². The van der Waals surface area contributed by atoms with Crippen LogP contribution in [0.15, 0.2) is 47.7 Å². The van der Waals surface area contributed by atoms with E-state index in [1.165, 1.54) is 28.8 Å². The number of carbonyl (C=O) groups excluding carboxylic acids is 1. The highest BCUT2D eigenvalue weighted by Gasteiger charge is 2.34. The van der Waals surface area contributed by atoms with Crippen molar-refractivity contribution in [2.24, 2.45) is 4.99 Å². The minimum Gasteiger partial charge on any atom is -0.382 e. The van der Waals surface area contributed by atoms with Gasteiger partial charge < -0.3 is 16.2 Å². The number of aryl methyl sites for hydroxylation is 2. The molecule has 4 N–H and O–H groups in total. The van der Waals surface area contributed by atoms with Crippen molar-refractivity contribution in [1.82, 2.24) is 19.7 Å². The van der Waals surface area contributed by atoms with E-state index in [0.717, 1.165) is 6.07 Å². The van der Waals surface area contributed by atoms with E-state index in [-0.39, 0.29) is 29.5 Å². The highest BCUT2D eigenvalue weighted by molar-refractivity contribution is 6.01. The van der Waals surface area contributed by atoms with Crippen LogP contribution in [0.25, 0.3) is 5.52 Å². The Morgan fingerprint density at radius 1 is 1.45 bits per heavy atom. The van der Waals surface area contributed by atoms with Crippen LogP contribution in [-0.2, 0) is 10.2 Å². The molecule has 0 fully saturated rings. The maximum atomic E-state index is 13.5. The van der Waals surface area contributed by atoms with Gasteiger partial charge >= 0.3 is 0 Å². The smallest absolute Gasteiger partial charge is 0.258 e. The number of nitrogens with zero attached hydrogens (tertiary/aromatic N) is 4. The zero-order valence-corrected chi connectivity index (χ0v) is 16.9. The largest absolute Gasteiger partial charge is 0.382 e. The van der Waals surface area contributed by atoms with Crippen LogP contribution in [0.1, 0.15) is 46.3 Å². The number of benzene rings is 1. The van der Waals surface area contributed by atoms with Crippen LogP contribution in [0.5, 0.6) is 0 Å². The molecule has 0 saturated carbocycles. The number of fused-ring (bicyclic) bond motifs is 1. The van der Waals surface area contributed by atoms with E-state index in [1.807, 2.05) is 0 Å². The third kappa shape index (κ3) is 3.79. The van der Waals surface area contributed by atoms with Crippen molar-refractivity contribution in [2.75, 3.05) is 5.73 Å². The lowest BCUT2D eigenvalue weighted by atomic mass is 9.81. The number of aliphatic imine (C=N–C) groups is 1. The highest BCUT2D eigenvalue weighted by atomic mass is 19.1. The molecule has 9 heteroatoms. The molecular formula is C22H23FN6O2. The Balaban J connectivity index is 1.67. The van der Waals surface area contributed by atoms with Crippen molar-refractivity contribution in [3.63, 3.8) is 0 Å². The lowest BCUT2D eigenvalue weighted by molar-refractivity contribution is -0.128. The van der Waals surface area contributed by atoms with Gasteiger partial charge in [-0.05, 0) is 38.4 Å². The summed E-state index contributed by atoms with van der Waals surface area (Å²) in [7, 11) is 0. The average molecular weight is 425 g/mol. The summed E-state index contributed by atoms with van der Waals surface area (Å²) in [5.41, 5.74) is 6.63. The molecule has 0 radical (unpaired) electrons. The Morgan fingerprint density at radius 2 is 2.26 bits per heavy atom. The van der Waals surface area contributed by atoms with Gasteiger partial charge in [-0.1, -0.05) is 18.2 Å². The summed E-state index contributed by atoms with van der Waals surface area (Å²) >= 11 is 0. The maximum absolute atomic E-state index is 13.5. The third-order valence-electron chi connectivity index (χ3n) is 5.20. The van der Waals surface area contributed by atoms with Gasteiger partial charge in [0.05, 0.1) is 11.4 Å². The number of hydrogen-bond donors (Lipinski definition) is 3. The van der Waals surface area contributed by atoms with Crippen LogP contribution in [0.3, 0.4) is 0 Å². The molecule has 0 saturated heterocycles. The third-order valence-corrected chi connectivity index (χ3v) is 5.20. The lowest BCUT2D eigenvalue weighted by Crippen LogP contribution is -2.39. The molecule has 2 aromatic heterocycles. The molecule has 2 atom stereocenters. The number of halogens is 1. The summed E-state index contributed by atoms with van der Waals surface area (Å²) in [6.45, 7) is 1.000. The first-order valence-electron chi connectivity index (χ1n) is 11.0. The van der Waals surface area contributed by atoms with Gasteiger partial charge in [-0.3, -0.25) is 9.20 Å². The molecule has 1 aliphatic heterocycles. The van der Waals surface area contributed by atoms with Gasteiger partial charge in [0, 0.05) is 28.3 Å². The fraction of sp³-hybridized carbons (Fsp3) is 0.273.